The van der Waals surface area contributed by atoms with Crippen LogP contribution >= 0.6 is 11.8 Å². The molecule has 108 valence electrons. The fourth-order valence-electron chi connectivity index (χ4n) is 1.81. The predicted octanol–water partition coefficient (Wildman–Crippen LogP) is 1.56. The molecule has 0 aromatic carbocycles. The Morgan fingerprint density at radius 2 is 2.26 bits per heavy atom. The van der Waals surface area contributed by atoms with Gasteiger partial charge in [-0.1, -0.05) is 13.8 Å². The van der Waals surface area contributed by atoms with Gasteiger partial charge >= 0.3 is 0 Å². The third-order valence-electron chi connectivity index (χ3n) is 2.84. The maximum Gasteiger partial charge on any atom is 0.274 e. The first kappa shape index (κ1) is 14.9. The van der Waals surface area contributed by atoms with Crippen molar-refractivity contribution >= 4 is 21.8 Å². The fourth-order valence-corrected chi connectivity index (χ4v) is 4.29. The van der Waals surface area contributed by atoms with Crippen LogP contribution in [0, 0.1) is 0 Å². The number of hydrogen-bond acceptors (Lipinski definition) is 5. The Balaban J connectivity index is 1.99. The fraction of sp³-hybridized carbons (Fsp3) is 0.667. The van der Waals surface area contributed by atoms with Crippen LogP contribution in [-0.4, -0.2) is 32.0 Å². The molecule has 0 saturated carbocycles. The summed E-state index contributed by atoms with van der Waals surface area (Å²) >= 11 is 1.77. The lowest BCUT2D eigenvalue weighted by atomic mass is 10.3. The SMILES string of the molecule is CC(C)NCc1ccc(S(=O)(=O)NC2CCSC2)o1. The molecule has 19 heavy (non-hydrogen) atoms. The van der Waals surface area contributed by atoms with Crippen molar-refractivity contribution in [1.82, 2.24) is 10.0 Å². The van der Waals surface area contributed by atoms with E-state index < -0.39 is 10.0 Å². The van der Waals surface area contributed by atoms with Crippen molar-refractivity contribution in [2.75, 3.05) is 11.5 Å². The van der Waals surface area contributed by atoms with Crippen molar-refractivity contribution in [3.05, 3.63) is 17.9 Å². The summed E-state index contributed by atoms with van der Waals surface area (Å²) in [5.74, 6) is 2.48. The van der Waals surface area contributed by atoms with Gasteiger partial charge in [-0.25, -0.2) is 13.1 Å². The molecule has 2 rings (SSSR count). The van der Waals surface area contributed by atoms with Crippen LogP contribution in [0.15, 0.2) is 21.6 Å². The Morgan fingerprint density at radius 3 is 2.89 bits per heavy atom. The van der Waals surface area contributed by atoms with Crippen molar-refractivity contribution in [2.24, 2.45) is 0 Å². The molecule has 0 radical (unpaired) electrons. The van der Waals surface area contributed by atoms with Crippen LogP contribution in [0.5, 0.6) is 0 Å². The summed E-state index contributed by atoms with van der Waals surface area (Å²) in [6.45, 7) is 4.59. The molecule has 0 spiro atoms. The average molecular weight is 304 g/mol. The lowest BCUT2D eigenvalue weighted by Gasteiger charge is -2.10. The second kappa shape index (κ2) is 6.30. The van der Waals surface area contributed by atoms with E-state index in [1.165, 1.54) is 6.07 Å². The van der Waals surface area contributed by atoms with Crippen LogP contribution in [-0.2, 0) is 16.6 Å². The normalized spacial score (nSPS) is 20.3. The molecule has 0 amide bonds. The number of thioether (sulfide) groups is 1. The molecule has 1 unspecified atom stereocenters. The highest BCUT2D eigenvalue weighted by Crippen LogP contribution is 2.20. The third kappa shape index (κ3) is 4.24. The molecule has 2 heterocycles. The van der Waals surface area contributed by atoms with Crippen molar-refractivity contribution in [3.8, 4) is 0 Å². The van der Waals surface area contributed by atoms with Crippen LogP contribution in [0.4, 0.5) is 0 Å². The number of rotatable bonds is 6. The molecule has 1 saturated heterocycles. The highest BCUT2D eigenvalue weighted by molar-refractivity contribution is 7.99. The second-order valence-corrected chi connectivity index (χ2v) is 7.73. The first-order valence-electron chi connectivity index (χ1n) is 6.39. The molecule has 7 heteroatoms. The highest BCUT2D eigenvalue weighted by atomic mass is 32.2. The van der Waals surface area contributed by atoms with E-state index in [9.17, 15) is 8.42 Å². The summed E-state index contributed by atoms with van der Waals surface area (Å²) in [4.78, 5) is 0. The smallest absolute Gasteiger partial charge is 0.274 e. The number of nitrogens with one attached hydrogen (secondary N) is 2. The summed E-state index contributed by atoms with van der Waals surface area (Å²) in [7, 11) is -3.52. The minimum absolute atomic E-state index is 0.00459. The Hall–Kier alpha value is -0.500. The maximum absolute atomic E-state index is 12.1. The molecule has 1 aliphatic rings. The summed E-state index contributed by atoms with van der Waals surface area (Å²) in [5, 5.41) is 3.19. The van der Waals surface area contributed by atoms with E-state index in [1.54, 1.807) is 17.8 Å². The van der Waals surface area contributed by atoms with Crippen molar-refractivity contribution in [1.29, 1.82) is 0 Å². The minimum Gasteiger partial charge on any atom is -0.447 e. The Bertz CT molecular complexity index is 505. The van der Waals surface area contributed by atoms with Gasteiger partial charge in [0.05, 0.1) is 6.54 Å². The predicted molar refractivity (Wildman–Crippen MR) is 76.7 cm³/mol. The summed E-state index contributed by atoms with van der Waals surface area (Å²) in [5.41, 5.74) is 0. The molecular weight excluding hydrogens is 284 g/mol. The molecule has 1 aromatic heterocycles. The van der Waals surface area contributed by atoms with E-state index in [-0.39, 0.29) is 11.1 Å². The maximum atomic E-state index is 12.1. The van der Waals surface area contributed by atoms with E-state index in [0.29, 0.717) is 18.3 Å². The van der Waals surface area contributed by atoms with E-state index in [4.69, 9.17) is 4.42 Å². The van der Waals surface area contributed by atoms with Gasteiger partial charge in [0, 0.05) is 17.8 Å². The Labute approximate surface area is 118 Å². The molecule has 0 bridgehead atoms. The van der Waals surface area contributed by atoms with Gasteiger partial charge in [0.2, 0.25) is 5.09 Å². The minimum atomic E-state index is -3.52. The van der Waals surface area contributed by atoms with Crippen LogP contribution in [0.3, 0.4) is 0 Å². The molecule has 1 fully saturated rings. The first-order valence-corrected chi connectivity index (χ1v) is 9.03. The third-order valence-corrected chi connectivity index (χ3v) is 5.39. The lowest BCUT2D eigenvalue weighted by Crippen LogP contribution is -2.34. The molecule has 5 nitrogen and oxygen atoms in total. The van der Waals surface area contributed by atoms with Crippen LogP contribution < -0.4 is 10.0 Å². The molecule has 1 atom stereocenters. The van der Waals surface area contributed by atoms with Crippen LogP contribution in [0.2, 0.25) is 0 Å². The summed E-state index contributed by atoms with van der Waals surface area (Å²) < 4.78 is 32.3. The highest BCUT2D eigenvalue weighted by Gasteiger charge is 2.25. The van der Waals surface area contributed by atoms with Crippen LogP contribution in [0.1, 0.15) is 26.0 Å². The first-order chi connectivity index (χ1) is 8.97. The Morgan fingerprint density at radius 1 is 1.47 bits per heavy atom. The lowest BCUT2D eigenvalue weighted by molar-refractivity contribution is 0.392. The molecule has 2 N–H and O–H groups in total. The van der Waals surface area contributed by atoms with Crippen LogP contribution in [0.25, 0.3) is 0 Å². The quantitative estimate of drug-likeness (QED) is 0.834. The standard InChI is InChI=1S/C12H20N2O3S2/c1-9(2)13-7-11-3-4-12(17-11)19(15,16)14-10-5-6-18-8-10/h3-4,9-10,13-14H,5-8H2,1-2H3. The van der Waals surface area contributed by atoms with E-state index in [2.05, 4.69) is 10.0 Å². The molecular formula is C12H20N2O3S2. The monoisotopic (exact) mass is 304 g/mol. The van der Waals surface area contributed by atoms with Crippen molar-refractivity contribution in [3.63, 3.8) is 0 Å². The van der Waals surface area contributed by atoms with Gasteiger partial charge in [-0.3, -0.25) is 0 Å². The molecule has 1 aromatic rings. The number of hydrogen-bond donors (Lipinski definition) is 2. The second-order valence-electron chi connectivity index (χ2n) is 4.94. The summed E-state index contributed by atoms with van der Waals surface area (Å²) in [6.07, 6.45) is 0.881. The Kier molecular flexibility index (Phi) is 4.94. The van der Waals surface area contributed by atoms with E-state index in [1.807, 2.05) is 13.8 Å². The van der Waals surface area contributed by atoms with Gasteiger partial charge in [-0.15, -0.1) is 0 Å². The topological polar surface area (TPSA) is 71.3 Å². The van der Waals surface area contributed by atoms with Gasteiger partial charge in [-0.05, 0) is 24.3 Å². The average Bonchev–Trinajstić information content (AvgIpc) is 2.96. The molecule has 0 aliphatic carbocycles. The van der Waals surface area contributed by atoms with Crippen molar-refractivity contribution < 1.29 is 12.8 Å². The molecule has 1 aliphatic heterocycles. The van der Waals surface area contributed by atoms with Gasteiger partial charge in [-0.2, -0.15) is 11.8 Å². The van der Waals surface area contributed by atoms with Gasteiger partial charge in [0.15, 0.2) is 0 Å². The zero-order chi connectivity index (χ0) is 13.9. The van der Waals surface area contributed by atoms with Gasteiger partial charge < -0.3 is 9.73 Å². The van der Waals surface area contributed by atoms with E-state index >= 15 is 0 Å². The van der Waals surface area contributed by atoms with Crippen molar-refractivity contribution in [2.45, 2.75) is 44.0 Å². The van der Waals surface area contributed by atoms with Gasteiger partial charge in [0.1, 0.15) is 5.76 Å². The zero-order valence-corrected chi connectivity index (χ0v) is 12.8. The summed E-state index contributed by atoms with van der Waals surface area (Å²) in [6, 6.07) is 3.57. The van der Waals surface area contributed by atoms with Gasteiger partial charge in [0.25, 0.3) is 10.0 Å². The largest absolute Gasteiger partial charge is 0.447 e. The number of sulfonamides is 1. The zero-order valence-electron chi connectivity index (χ0n) is 11.2. The number of furan rings is 1. The van der Waals surface area contributed by atoms with E-state index in [0.717, 1.165) is 17.9 Å².